The average Bonchev–Trinajstić information content (AvgIpc) is 2.51. The summed E-state index contributed by atoms with van der Waals surface area (Å²) in [5, 5.41) is 13.4. The predicted octanol–water partition coefficient (Wildman–Crippen LogP) is 0.147. The molecule has 0 heterocycles. The molecule has 0 aliphatic heterocycles. The van der Waals surface area contributed by atoms with E-state index in [2.05, 4.69) is 10.6 Å². The van der Waals surface area contributed by atoms with Crippen molar-refractivity contribution in [3.8, 4) is 6.07 Å². The Labute approximate surface area is 139 Å². The summed E-state index contributed by atoms with van der Waals surface area (Å²) in [5.74, 6) is -2.43. The van der Waals surface area contributed by atoms with Crippen LogP contribution in [0.15, 0.2) is 24.3 Å². The predicted molar refractivity (Wildman–Crippen MR) is 83.7 cm³/mol. The Morgan fingerprint density at radius 3 is 2.46 bits per heavy atom. The van der Waals surface area contributed by atoms with E-state index in [9.17, 15) is 18.8 Å². The fourth-order valence-corrected chi connectivity index (χ4v) is 2.11. The van der Waals surface area contributed by atoms with Gasteiger partial charge in [-0.2, -0.15) is 5.26 Å². The molecule has 0 aromatic heterocycles. The first-order chi connectivity index (χ1) is 11.3. The number of hydrogen-bond donors (Lipinski definition) is 3. The van der Waals surface area contributed by atoms with E-state index in [-0.39, 0.29) is 24.8 Å². The van der Waals surface area contributed by atoms with Gasteiger partial charge in [0.05, 0.1) is 6.07 Å². The van der Waals surface area contributed by atoms with Crippen LogP contribution in [-0.2, 0) is 20.8 Å². The van der Waals surface area contributed by atoms with Crippen molar-refractivity contribution in [1.82, 2.24) is 10.6 Å². The summed E-state index contributed by atoms with van der Waals surface area (Å²) < 4.78 is 13.8. The number of hydrogen-bond acceptors (Lipinski definition) is 4. The first kappa shape index (κ1) is 19.1. The van der Waals surface area contributed by atoms with E-state index >= 15 is 0 Å². The Hall–Kier alpha value is -2.95. The molecule has 2 atom stereocenters. The molecule has 0 spiro atoms. The molecule has 0 fully saturated rings. The number of primary amides is 1. The number of nitriles is 1. The van der Waals surface area contributed by atoms with Gasteiger partial charge in [-0.1, -0.05) is 18.2 Å². The molecule has 3 amide bonds. The Bertz CT molecular complexity index is 657. The zero-order chi connectivity index (χ0) is 18.1. The van der Waals surface area contributed by atoms with Crippen LogP contribution in [0.2, 0.25) is 0 Å². The lowest BCUT2D eigenvalue weighted by Crippen LogP contribution is -2.53. The molecular weight excluding hydrogens is 315 g/mol. The van der Waals surface area contributed by atoms with E-state index in [1.807, 2.05) is 6.07 Å². The SMILES string of the molecule is CC(=O)N[C@H](Cc1ccccc1F)C(=O)N[C@H](CCC#N)C(N)=O. The summed E-state index contributed by atoms with van der Waals surface area (Å²) in [6, 6.07) is 5.63. The van der Waals surface area contributed by atoms with Crippen LogP contribution in [0.3, 0.4) is 0 Å². The van der Waals surface area contributed by atoms with Gasteiger partial charge in [0.15, 0.2) is 0 Å². The maximum Gasteiger partial charge on any atom is 0.243 e. The van der Waals surface area contributed by atoms with Crippen molar-refractivity contribution in [2.75, 3.05) is 0 Å². The van der Waals surface area contributed by atoms with E-state index in [1.165, 1.54) is 25.1 Å². The molecule has 0 unspecified atom stereocenters. The van der Waals surface area contributed by atoms with E-state index in [1.54, 1.807) is 6.07 Å². The lowest BCUT2D eigenvalue weighted by Gasteiger charge is -2.21. The Morgan fingerprint density at radius 2 is 1.92 bits per heavy atom. The first-order valence-electron chi connectivity index (χ1n) is 7.32. The van der Waals surface area contributed by atoms with Crippen LogP contribution in [0.25, 0.3) is 0 Å². The van der Waals surface area contributed by atoms with Crippen molar-refractivity contribution in [3.63, 3.8) is 0 Å². The van der Waals surface area contributed by atoms with Gasteiger partial charge in [-0.25, -0.2) is 4.39 Å². The normalized spacial score (nSPS) is 12.5. The molecule has 0 saturated heterocycles. The first-order valence-corrected chi connectivity index (χ1v) is 7.32. The number of nitrogens with zero attached hydrogens (tertiary/aromatic N) is 1. The van der Waals surface area contributed by atoms with Crippen LogP contribution in [0.5, 0.6) is 0 Å². The maximum atomic E-state index is 13.8. The van der Waals surface area contributed by atoms with Gasteiger partial charge in [-0.3, -0.25) is 14.4 Å². The van der Waals surface area contributed by atoms with Crippen molar-refractivity contribution in [2.24, 2.45) is 5.73 Å². The van der Waals surface area contributed by atoms with E-state index in [0.29, 0.717) is 0 Å². The number of nitrogens with one attached hydrogen (secondary N) is 2. The van der Waals surface area contributed by atoms with Crippen molar-refractivity contribution in [3.05, 3.63) is 35.6 Å². The third-order valence-corrected chi connectivity index (χ3v) is 3.28. The molecule has 0 saturated carbocycles. The largest absolute Gasteiger partial charge is 0.368 e. The minimum Gasteiger partial charge on any atom is -0.368 e. The molecule has 0 aliphatic carbocycles. The molecule has 0 bridgehead atoms. The highest BCUT2D eigenvalue weighted by Gasteiger charge is 2.25. The quantitative estimate of drug-likeness (QED) is 0.625. The molecule has 7 nitrogen and oxygen atoms in total. The van der Waals surface area contributed by atoms with Gasteiger partial charge in [-0.15, -0.1) is 0 Å². The van der Waals surface area contributed by atoms with Gasteiger partial charge in [0.25, 0.3) is 0 Å². The Balaban J connectivity index is 2.88. The molecule has 1 rings (SSSR count). The summed E-state index contributed by atoms with van der Waals surface area (Å²) in [7, 11) is 0. The zero-order valence-electron chi connectivity index (χ0n) is 13.2. The number of halogens is 1. The van der Waals surface area contributed by atoms with E-state index < -0.39 is 35.6 Å². The smallest absolute Gasteiger partial charge is 0.243 e. The summed E-state index contributed by atoms with van der Waals surface area (Å²) >= 11 is 0. The maximum absolute atomic E-state index is 13.8. The number of benzene rings is 1. The lowest BCUT2D eigenvalue weighted by molar-refractivity contribution is -0.130. The van der Waals surface area contributed by atoms with Gasteiger partial charge >= 0.3 is 0 Å². The van der Waals surface area contributed by atoms with Gasteiger partial charge in [-0.05, 0) is 18.1 Å². The van der Waals surface area contributed by atoms with Crippen molar-refractivity contribution < 1.29 is 18.8 Å². The molecular formula is C16H19FN4O3. The second kappa shape index (κ2) is 9.25. The van der Waals surface area contributed by atoms with Crippen molar-refractivity contribution in [1.29, 1.82) is 5.26 Å². The van der Waals surface area contributed by atoms with Gasteiger partial charge in [0.2, 0.25) is 17.7 Å². The molecule has 4 N–H and O–H groups in total. The second-order valence-corrected chi connectivity index (χ2v) is 5.21. The van der Waals surface area contributed by atoms with Crippen LogP contribution in [-0.4, -0.2) is 29.8 Å². The van der Waals surface area contributed by atoms with Crippen molar-refractivity contribution >= 4 is 17.7 Å². The minimum absolute atomic E-state index is 0.0337. The zero-order valence-corrected chi connectivity index (χ0v) is 13.2. The number of carbonyl (C=O) groups excluding carboxylic acids is 3. The number of nitrogens with two attached hydrogens (primary N) is 1. The number of rotatable bonds is 8. The Kier molecular flexibility index (Phi) is 7.36. The molecule has 1 aromatic rings. The van der Waals surface area contributed by atoms with E-state index in [4.69, 9.17) is 11.0 Å². The third-order valence-electron chi connectivity index (χ3n) is 3.28. The Morgan fingerprint density at radius 1 is 1.25 bits per heavy atom. The molecule has 8 heteroatoms. The fourth-order valence-electron chi connectivity index (χ4n) is 2.11. The topological polar surface area (TPSA) is 125 Å². The molecule has 24 heavy (non-hydrogen) atoms. The molecule has 0 radical (unpaired) electrons. The van der Waals surface area contributed by atoms with Crippen LogP contribution < -0.4 is 16.4 Å². The van der Waals surface area contributed by atoms with Crippen LogP contribution >= 0.6 is 0 Å². The summed E-state index contributed by atoms with van der Waals surface area (Å²) in [5.41, 5.74) is 5.44. The van der Waals surface area contributed by atoms with Crippen LogP contribution in [0, 0.1) is 17.1 Å². The average molecular weight is 334 g/mol. The van der Waals surface area contributed by atoms with Gasteiger partial charge in [0.1, 0.15) is 17.9 Å². The number of amides is 3. The minimum atomic E-state index is -1.07. The highest BCUT2D eigenvalue weighted by atomic mass is 19.1. The second-order valence-electron chi connectivity index (χ2n) is 5.21. The summed E-state index contributed by atoms with van der Waals surface area (Å²) in [6.07, 6.45) is 0.0118. The van der Waals surface area contributed by atoms with Gasteiger partial charge < -0.3 is 16.4 Å². The molecule has 128 valence electrons. The molecule has 0 aliphatic rings. The summed E-state index contributed by atoms with van der Waals surface area (Å²) in [4.78, 5) is 35.0. The van der Waals surface area contributed by atoms with Gasteiger partial charge in [0, 0.05) is 19.8 Å². The lowest BCUT2D eigenvalue weighted by atomic mass is 10.0. The van der Waals surface area contributed by atoms with Crippen molar-refractivity contribution in [2.45, 2.75) is 38.3 Å². The monoisotopic (exact) mass is 334 g/mol. The van der Waals surface area contributed by atoms with E-state index in [0.717, 1.165) is 0 Å². The highest BCUT2D eigenvalue weighted by Crippen LogP contribution is 2.10. The van der Waals surface area contributed by atoms with Crippen LogP contribution in [0.1, 0.15) is 25.3 Å². The van der Waals surface area contributed by atoms with Crippen LogP contribution in [0.4, 0.5) is 4.39 Å². The number of carbonyl (C=O) groups is 3. The third kappa shape index (κ3) is 6.04. The standard InChI is InChI=1S/C16H19FN4O3/c1-10(22)20-14(9-11-5-2-3-6-12(11)17)16(24)21-13(15(19)23)7-4-8-18/h2-3,5-6,13-14H,4,7,9H2,1H3,(H2,19,23)(H,20,22)(H,21,24)/t13-,14-/m1/s1. The molecule has 1 aromatic carbocycles. The highest BCUT2D eigenvalue weighted by molar-refractivity contribution is 5.91. The summed E-state index contributed by atoms with van der Waals surface area (Å²) in [6.45, 7) is 1.23. The fraction of sp³-hybridized carbons (Fsp3) is 0.375.